The standard InChI is InChI=1S/C7H13F3N2.ClH/c8-7(9,10)5-2-1-3-6(4-5)12-11;/h5-6,12H,1-4,11H2;1H. The number of hydrogen-bond donors (Lipinski definition) is 2. The van der Waals surface area contributed by atoms with Crippen molar-refractivity contribution < 1.29 is 13.2 Å². The van der Waals surface area contributed by atoms with Gasteiger partial charge in [-0.15, -0.1) is 12.4 Å². The van der Waals surface area contributed by atoms with E-state index >= 15 is 0 Å². The Hall–Kier alpha value is -0.0000000000000000555. The molecule has 1 fully saturated rings. The van der Waals surface area contributed by atoms with Gasteiger partial charge in [-0.1, -0.05) is 6.42 Å². The van der Waals surface area contributed by atoms with E-state index in [2.05, 4.69) is 5.43 Å². The van der Waals surface area contributed by atoms with E-state index in [9.17, 15) is 13.2 Å². The van der Waals surface area contributed by atoms with E-state index in [1.54, 1.807) is 0 Å². The van der Waals surface area contributed by atoms with Gasteiger partial charge in [0.15, 0.2) is 0 Å². The quantitative estimate of drug-likeness (QED) is 0.522. The molecule has 1 saturated carbocycles. The molecule has 2 nitrogen and oxygen atoms in total. The zero-order valence-corrected chi connectivity index (χ0v) is 7.92. The van der Waals surface area contributed by atoms with Crippen molar-refractivity contribution in [2.75, 3.05) is 0 Å². The summed E-state index contributed by atoms with van der Waals surface area (Å²) < 4.78 is 36.5. The summed E-state index contributed by atoms with van der Waals surface area (Å²) in [6.45, 7) is 0. The van der Waals surface area contributed by atoms with Gasteiger partial charge >= 0.3 is 6.18 Å². The highest BCUT2D eigenvalue weighted by Gasteiger charge is 2.41. The van der Waals surface area contributed by atoms with Crippen molar-refractivity contribution >= 4 is 12.4 Å². The van der Waals surface area contributed by atoms with Gasteiger partial charge in [-0.2, -0.15) is 13.2 Å². The van der Waals surface area contributed by atoms with E-state index in [1.165, 1.54) is 0 Å². The zero-order valence-electron chi connectivity index (χ0n) is 7.10. The van der Waals surface area contributed by atoms with Gasteiger partial charge < -0.3 is 0 Å². The topological polar surface area (TPSA) is 38.0 Å². The fourth-order valence-electron chi connectivity index (χ4n) is 1.64. The van der Waals surface area contributed by atoms with Crippen molar-refractivity contribution in [1.29, 1.82) is 0 Å². The number of alkyl halides is 3. The molecular weight excluding hydrogens is 205 g/mol. The number of halogens is 4. The Morgan fingerprint density at radius 2 is 1.85 bits per heavy atom. The second kappa shape index (κ2) is 5.02. The molecule has 2 unspecified atom stereocenters. The molecular formula is C7H14ClF3N2. The molecule has 0 saturated heterocycles. The van der Waals surface area contributed by atoms with Crippen LogP contribution in [0.1, 0.15) is 25.7 Å². The molecule has 0 aromatic rings. The van der Waals surface area contributed by atoms with E-state index in [0.717, 1.165) is 6.42 Å². The molecule has 0 radical (unpaired) electrons. The minimum absolute atomic E-state index is 0. The molecule has 1 aliphatic carbocycles. The highest BCUT2D eigenvalue weighted by Crippen LogP contribution is 2.37. The molecule has 0 aromatic heterocycles. The second-order valence-corrected chi connectivity index (χ2v) is 3.27. The summed E-state index contributed by atoms with van der Waals surface area (Å²) in [4.78, 5) is 0. The first-order valence-corrected chi connectivity index (χ1v) is 4.07. The SMILES string of the molecule is Cl.NNC1CCCC(C(F)(F)F)C1. The summed E-state index contributed by atoms with van der Waals surface area (Å²) >= 11 is 0. The van der Waals surface area contributed by atoms with Crippen molar-refractivity contribution in [2.24, 2.45) is 11.8 Å². The van der Waals surface area contributed by atoms with Gasteiger partial charge in [-0.25, -0.2) is 0 Å². The summed E-state index contributed by atoms with van der Waals surface area (Å²) in [6.07, 6.45) is -2.31. The maximum Gasteiger partial charge on any atom is 0.391 e. The molecule has 0 bridgehead atoms. The fraction of sp³-hybridized carbons (Fsp3) is 1.00. The monoisotopic (exact) mass is 218 g/mol. The summed E-state index contributed by atoms with van der Waals surface area (Å²) in [6, 6.07) is -0.162. The minimum atomic E-state index is -4.05. The van der Waals surface area contributed by atoms with Gasteiger partial charge in [0.1, 0.15) is 0 Å². The van der Waals surface area contributed by atoms with Crippen molar-refractivity contribution in [2.45, 2.75) is 37.9 Å². The average molecular weight is 219 g/mol. The van der Waals surface area contributed by atoms with Gasteiger partial charge in [0.25, 0.3) is 0 Å². The van der Waals surface area contributed by atoms with Gasteiger partial charge in [-0.3, -0.25) is 11.3 Å². The van der Waals surface area contributed by atoms with Crippen LogP contribution in [0.4, 0.5) is 13.2 Å². The molecule has 0 aliphatic heterocycles. The molecule has 80 valence electrons. The number of rotatable bonds is 1. The number of nitrogens with two attached hydrogens (primary N) is 1. The molecule has 3 N–H and O–H groups in total. The van der Waals surface area contributed by atoms with Crippen LogP contribution in [0.2, 0.25) is 0 Å². The molecule has 0 spiro atoms. The third kappa shape index (κ3) is 3.70. The third-order valence-corrected chi connectivity index (χ3v) is 2.37. The van der Waals surface area contributed by atoms with Crippen LogP contribution >= 0.6 is 12.4 Å². The maximum absolute atomic E-state index is 12.2. The lowest BCUT2D eigenvalue weighted by Gasteiger charge is -2.29. The van der Waals surface area contributed by atoms with Crippen LogP contribution in [0.5, 0.6) is 0 Å². The van der Waals surface area contributed by atoms with Crippen molar-refractivity contribution in [3.8, 4) is 0 Å². The average Bonchev–Trinajstić information content (AvgIpc) is 2.03. The predicted octanol–water partition coefficient (Wildman–Crippen LogP) is 1.99. The lowest BCUT2D eigenvalue weighted by molar-refractivity contribution is -0.183. The van der Waals surface area contributed by atoms with E-state index in [-0.39, 0.29) is 31.3 Å². The molecule has 2 atom stereocenters. The third-order valence-electron chi connectivity index (χ3n) is 2.37. The number of nitrogens with one attached hydrogen (secondary N) is 1. The largest absolute Gasteiger partial charge is 0.391 e. The van der Waals surface area contributed by atoms with E-state index in [4.69, 9.17) is 5.84 Å². The zero-order chi connectivity index (χ0) is 9.19. The van der Waals surface area contributed by atoms with Gasteiger partial charge in [0.05, 0.1) is 5.92 Å². The van der Waals surface area contributed by atoms with Crippen LogP contribution < -0.4 is 11.3 Å². The van der Waals surface area contributed by atoms with Crippen LogP contribution in [-0.4, -0.2) is 12.2 Å². The minimum Gasteiger partial charge on any atom is -0.271 e. The van der Waals surface area contributed by atoms with E-state index < -0.39 is 12.1 Å². The van der Waals surface area contributed by atoms with Crippen LogP contribution in [0.3, 0.4) is 0 Å². The van der Waals surface area contributed by atoms with Crippen LogP contribution in [0.25, 0.3) is 0 Å². The molecule has 0 aromatic carbocycles. The first-order chi connectivity index (χ1) is 5.54. The Morgan fingerprint density at radius 1 is 1.23 bits per heavy atom. The Kier molecular flexibility index (Phi) is 5.02. The number of hydrogen-bond acceptors (Lipinski definition) is 2. The van der Waals surface area contributed by atoms with Crippen molar-refractivity contribution in [1.82, 2.24) is 5.43 Å². The van der Waals surface area contributed by atoms with Gasteiger partial charge in [0.2, 0.25) is 0 Å². The summed E-state index contributed by atoms with van der Waals surface area (Å²) in [5.74, 6) is 3.93. The normalized spacial score (nSPS) is 29.5. The fourth-order valence-corrected chi connectivity index (χ4v) is 1.64. The van der Waals surface area contributed by atoms with Crippen LogP contribution in [0, 0.1) is 5.92 Å². The van der Waals surface area contributed by atoms with E-state index in [1.807, 2.05) is 0 Å². The molecule has 0 heterocycles. The maximum atomic E-state index is 12.2. The Balaban J connectivity index is 0.00000144. The summed E-state index contributed by atoms with van der Waals surface area (Å²) in [7, 11) is 0. The Morgan fingerprint density at radius 3 is 2.31 bits per heavy atom. The first kappa shape index (κ1) is 13.0. The van der Waals surface area contributed by atoms with Crippen LogP contribution in [-0.2, 0) is 0 Å². The molecule has 1 aliphatic rings. The van der Waals surface area contributed by atoms with Crippen molar-refractivity contribution in [3.05, 3.63) is 0 Å². The Bertz CT molecular complexity index is 151. The van der Waals surface area contributed by atoms with Gasteiger partial charge in [-0.05, 0) is 19.3 Å². The predicted molar refractivity (Wildman–Crippen MR) is 46.4 cm³/mol. The second-order valence-electron chi connectivity index (χ2n) is 3.27. The lowest BCUT2D eigenvalue weighted by atomic mass is 9.85. The van der Waals surface area contributed by atoms with Gasteiger partial charge in [0, 0.05) is 6.04 Å². The summed E-state index contributed by atoms with van der Waals surface area (Å²) in [5.41, 5.74) is 2.41. The highest BCUT2D eigenvalue weighted by atomic mass is 35.5. The molecule has 6 heteroatoms. The number of hydrazine groups is 1. The van der Waals surface area contributed by atoms with Crippen molar-refractivity contribution in [3.63, 3.8) is 0 Å². The van der Waals surface area contributed by atoms with E-state index in [0.29, 0.717) is 6.42 Å². The first-order valence-electron chi connectivity index (χ1n) is 4.07. The molecule has 1 rings (SSSR count). The smallest absolute Gasteiger partial charge is 0.271 e. The lowest BCUT2D eigenvalue weighted by Crippen LogP contribution is -2.41. The van der Waals surface area contributed by atoms with Crippen LogP contribution in [0.15, 0.2) is 0 Å². The Labute approximate surface area is 81.4 Å². The highest BCUT2D eigenvalue weighted by molar-refractivity contribution is 5.85. The molecule has 0 amide bonds. The molecule has 13 heavy (non-hydrogen) atoms. The summed E-state index contributed by atoms with van der Waals surface area (Å²) in [5, 5.41) is 0.